The van der Waals surface area contributed by atoms with Crippen LogP contribution in [-0.4, -0.2) is 7.11 Å². The maximum atomic E-state index is 6.12. The lowest BCUT2D eigenvalue weighted by atomic mass is 10.1. The van der Waals surface area contributed by atoms with Gasteiger partial charge in [0.2, 0.25) is 0 Å². The summed E-state index contributed by atoms with van der Waals surface area (Å²) in [5, 5.41) is 1.81. The summed E-state index contributed by atoms with van der Waals surface area (Å²) in [5.41, 5.74) is 1.76. The Hall–Kier alpha value is -0.890. The molecule has 0 fully saturated rings. The lowest BCUT2D eigenvalue weighted by Crippen LogP contribution is -1.85. The van der Waals surface area contributed by atoms with Crippen LogP contribution in [0.2, 0.25) is 15.1 Å². The summed E-state index contributed by atoms with van der Waals surface area (Å²) in [6, 6.07) is 10.8. The lowest BCUT2D eigenvalue weighted by Gasteiger charge is -2.08. The van der Waals surface area contributed by atoms with E-state index in [1.807, 2.05) is 12.1 Å². The maximum Gasteiger partial charge on any atom is 0.137 e. The number of hydrogen-bond acceptors (Lipinski definition) is 1. The molecule has 88 valence electrons. The number of rotatable bonds is 2. The molecule has 0 aromatic heterocycles. The van der Waals surface area contributed by atoms with Crippen LogP contribution in [0.25, 0.3) is 11.1 Å². The fourth-order valence-corrected chi connectivity index (χ4v) is 2.21. The first kappa shape index (κ1) is 12.6. The first-order valence-electron chi connectivity index (χ1n) is 4.91. The van der Waals surface area contributed by atoms with Crippen LogP contribution in [-0.2, 0) is 0 Å². The third-order valence-electron chi connectivity index (χ3n) is 2.39. The molecule has 0 bridgehead atoms. The maximum absolute atomic E-state index is 6.12. The Morgan fingerprint density at radius 3 is 2.29 bits per heavy atom. The normalized spacial score (nSPS) is 10.4. The zero-order valence-corrected chi connectivity index (χ0v) is 11.3. The third kappa shape index (κ3) is 2.68. The summed E-state index contributed by atoms with van der Waals surface area (Å²) in [5.74, 6) is 0.633. The molecule has 2 aromatic rings. The first-order chi connectivity index (χ1) is 8.11. The zero-order valence-electron chi connectivity index (χ0n) is 9.01. The third-order valence-corrected chi connectivity index (χ3v) is 3.25. The molecule has 0 heterocycles. The second-order valence-electron chi connectivity index (χ2n) is 3.47. The number of halogens is 3. The van der Waals surface area contributed by atoms with E-state index in [2.05, 4.69) is 0 Å². The molecule has 0 aliphatic rings. The van der Waals surface area contributed by atoms with Crippen molar-refractivity contribution in [2.75, 3.05) is 7.11 Å². The standard InChI is InChI=1S/C13H9Cl3O/c1-17-13-5-2-8(6-12(13)16)10-7-9(14)3-4-11(10)15/h2-7H,1H3. The van der Waals surface area contributed by atoms with E-state index < -0.39 is 0 Å². The van der Waals surface area contributed by atoms with Crippen molar-refractivity contribution in [1.82, 2.24) is 0 Å². The van der Waals surface area contributed by atoms with Gasteiger partial charge in [0.1, 0.15) is 5.75 Å². The molecule has 0 N–H and O–H groups in total. The molecular weight excluding hydrogens is 279 g/mol. The van der Waals surface area contributed by atoms with Crippen molar-refractivity contribution in [2.45, 2.75) is 0 Å². The summed E-state index contributed by atoms with van der Waals surface area (Å²) in [7, 11) is 1.58. The lowest BCUT2D eigenvalue weighted by molar-refractivity contribution is 0.415. The zero-order chi connectivity index (χ0) is 12.4. The monoisotopic (exact) mass is 286 g/mol. The largest absolute Gasteiger partial charge is 0.495 e. The molecule has 2 aromatic carbocycles. The Bertz CT molecular complexity index is 552. The molecule has 0 aliphatic heterocycles. The highest BCUT2D eigenvalue weighted by atomic mass is 35.5. The van der Waals surface area contributed by atoms with Crippen LogP contribution in [0.1, 0.15) is 0 Å². The molecule has 0 unspecified atom stereocenters. The van der Waals surface area contributed by atoms with Crippen molar-refractivity contribution < 1.29 is 4.74 Å². The van der Waals surface area contributed by atoms with E-state index in [-0.39, 0.29) is 0 Å². The summed E-state index contributed by atoms with van der Waals surface area (Å²) >= 11 is 18.1. The van der Waals surface area contributed by atoms with Gasteiger partial charge in [-0.2, -0.15) is 0 Å². The van der Waals surface area contributed by atoms with E-state index in [1.54, 1.807) is 31.4 Å². The SMILES string of the molecule is COc1ccc(-c2cc(Cl)ccc2Cl)cc1Cl. The minimum absolute atomic E-state index is 0.543. The molecule has 0 aliphatic carbocycles. The van der Waals surface area contributed by atoms with Crippen LogP contribution in [0.5, 0.6) is 5.75 Å². The summed E-state index contributed by atoms with van der Waals surface area (Å²) in [6.45, 7) is 0. The Morgan fingerprint density at radius 1 is 0.882 bits per heavy atom. The van der Waals surface area contributed by atoms with Gasteiger partial charge in [-0.3, -0.25) is 0 Å². The summed E-state index contributed by atoms with van der Waals surface area (Å²) in [4.78, 5) is 0. The molecule has 4 heteroatoms. The van der Waals surface area contributed by atoms with Gasteiger partial charge in [-0.15, -0.1) is 0 Å². The fourth-order valence-electron chi connectivity index (χ4n) is 1.55. The van der Waals surface area contributed by atoms with Crippen LogP contribution >= 0.6 is 34.8 Å². The molecule has 17 heavy (non-hydrogen) atoms. The van der Waals surface area contributed by atoms with Gasteiger partial charge in [0, 0.05) is 15.6 Å². The van der Waals surface area contributed by atoms with E-state index in [1.165, 1.54) is 0 Å². The smallest absolute Gasteiger partial charge is 0.137 e. The predicted molar refractivity (Wildman–Crippen MR) is 73.5 cm³/mol. The van der Waals surface area contributed by atoms with Crippen LogP contribution in [0.15, 0.2) is 36.4 Å². The second kappa shape index (κ2) is 5.18. The van der Waals surface area contributed by atoms with Crippen molar-refractivity contribution in [2.24, 2.45) is 0 Å². The molecule has 0 atom stereocenters. The topological polar surface area (TPSA) is 9.23 Å². The van der Waals surface area contributed by atoms with Crippen molar-refractivity contribution in [3.05, 3.63) is 51.5 Å². The van der Waals surface area contributed by atoms with E-state index in [4.69, 9.17) is 39.5 Å². The quantitative estimate of drug-likeness (QED) is 0.726. The van der Waals surface area contributed by atoms with Crippen LogP contribution in [0.3, 0.4) is 0 Å². The average Bonchev–Trinajstić information content (AvgIpc) is 2.32. The Labute approximate surface area is 115 Å². The highest BCUT2D eigenvalue weighted by molar-refractivity contribution is 6.35. The van der Waals surface area contributed by atoms with Gasteiger partial charge < -0.3 is 4.74 Å². The number of benzene rings is 2. The summed E-state index contributed by atoms with van der Waals surface area (Å²) in [6.07, 6.45) is 0. The van der Waals surface area contributed by atoms with E-state index in [0.29, 0.717) is 20.8 Å². The van der Waals surface area contributed by atoms with Crippen molar-refractivity contribution in [1.29, 1.82) is 0 Å². The van der Waals surface area contributed by atoms with Crippen LogP contribution in [0, 0.1) is 0 Å². The Kier molecular flexibility index (Phi) is 3.82. The number of hydrogen-bond donors (Lipinski definition) is 0. The second-order valence-corrected chi connectivity index (χ2v) is 4.72. The average molecular weight is 288 g/mol. The van der Waals surface area contributed by atoms with Gasteiger partial charge in [0.15, 0.2) is 0 Å². The van der Waals surface area contributed by atoms with Crippen LogP contribution < -0.4 is 4.74 Å². The van der Waals surface area contributed by atoms with Gasteiger partial charge in [-0.05, 0) is 35.9 Å². The first-order valence-corrected chi connectivity index (χ1v) is 6.04. The van der Waals surface area contributed by atoms with E-state index >= 15 is 0 Å². The Balaban J connectivity index is 2.53. The fraction of sp³-hybridized carbons (Fsp3) is 0.0769. The molecule has 0 spiro atoms. The number of methoxy groups -OCH3 is 1. The summed E-state index contributed by atoms with van der Waals surface area (Å²) < 4.78 is 5.10. The van der Waals surface area contributed by atoms with Gasteiger partial charge in [-0.1, -0.05) is 40.9 Å². The minimum Gasteiger partial charge on any atom is -0.495 e. The molecular formula is C13H9Cl3O. The number of ether oxygens (including phenoxy) is 1. The van der Waals surface area contributed by atoms with Gasteiger partial charge in [0.05, 0.1) is 12.1 Å². The molecule has 1 nitrogen and oxygen atoms in total. The van der Waals surface area contributed by atoms with Crippen molar-refractivity contribution in [3.8, 4) is 16.9 Å². The van der Waals surface area contributed by atoms with E-state index in [0.717, 1.165) is 11.1 Å². The van der Waals surface area contributed by atoms with Crippen LogP contribution in [0.4, 0.5) is 0 Å². The molecule has 0 saturated heterocycles. The molecule has 0 amide bonds. The van der Waals surface area contributed by atoms with Gasteiger partial charge in [-0.25, -0.2) is 0 Å². The van der Waals surface area contributed by atoms with E-state index in [9.17, 15) is 0 Å². The van der Waals surface area contributed by atoms with Gasteiger partial charge in [0.25, 0.3) is 0 Å². The highest BCUT2D eigenvalue weighted by Gasteiger charge is 2.07. The molecule has 0 radical (unpaired) electrons. The molecule has 0 saturated carbocycles. The van der Waals surface area contributed by atoms with Gasteiger partial charge >= 0.3 is 0 Å². The molecule has 2 rings (SSSR count). The predicted octanol–water partition coefficient (Wildman–Crippen LogP) is 5.32. The van der Waals surface area contributed by atoms with Crippen molar-refractivity contribution >= 4 is 34.8 Å². The van der Waals surface area contributed by atoms with Crippen molar-refractivity contribution in [3.63, 3.8) is 0 Å². The highest BCUT2D eigenvalue weighted by Crippen LogP contribution is 2.34. The minimum atomic E-state index is 0.543. The Morgan fingerprint density at radius 2 is 1.65 bits per heavy atom.